The second-order valence-electron chi connectivity index (χ2n) is 22.7. The Kier molecular flexibility index (Phi) is 65.1. The summed E-state index contributed by atoms with van der Waals surface area (Å²) in [5.74, 6) is -0.875. The Labute approximate surface area is 511 Å². The smallest absolute Gasteiger partial charge is 0.462 e. The Balaban J connectivity index is 3.93. The van der Waals surface area contributed by atoms with Gasteiger partial charge in [-0.3, -0.25) is 18.6 Å². The van der Waals surface area contributed by atoms with Gasteiger partial charge in [0.05, 0.1) is 13.2 Å². The van der Waals surface area contributed by atoms with Crippen molar-refractivity contribution in [3.8, 4) is 0 Å². The predicted octanol–water partition coefficient (Wildman–Crippen LogP) is 22.5. The fraction of sp³-hybridized carbons (Fsp3) is 0.726. The van der Waals surface area contributed by atoms with Crippen LogP contribution in [0.3, 0.4) is 0 Å². The highest BCUT2D eigenvalue weighted by Gasteiger charge is 2.26. The quantitative estimate of drug-likeness (QED) is 0.0264. The largest absolute Gasteiger partial charge is 0.472 e. The van der Waals surface area contributed by atoms with Gasteiger partial charge in [0.25, 0.3) is 0 Å². The number of ether oxygens (including phenoxy) is 2. The van der Waals surface area contributed by atoms with Crippen molar-refractivity contribution in [3.05, 3.63) is 109 Å². The van der Waals surface area contributed by atoms with E-state index < -0.39 is 32.5 Å². The predicted molar refractivity (Wildman–Crippen MR) is 358 cm³/mol. The molecule has 10 heteroatoms. The summed E-state index contributed by atoms with van der Waals surface area (Å²) in [5, 5.41) is 0. The summed E-state index contributed by atoms with van der Waals surface area (Å²) < 4.78 is 33.1. The van der Waals surface area contributed by atoms with Gasteiger partial charge in [-0.15, -0.1) is 0 Å². The van der Waals surface area contributed by atoms with Gasteiger partial charge in [-0.2, -0.15) is 0 Å². The van der Waals surface area contributed by atoms with E-state index in [0.29, 0.717) is 6.42 Å². The van der Waals surface area contributed by atoms with Gasteiger partial charge in [-0.1, -0.05) is 303 Å². The highest BCUT2D eigenvalue weighted by molar-refractivity contribution is 7.47. The molecule has 0 amide bonds. The van der Waals surface area contributed by atoms with Crippen molar-refractivity contribution in [2.24, 2.45) is 5.73 Å². The van der Waals surface area contributed by atoms with Gasteiger partial charge in [0.15, 0.2) is 6.10 Å². The van der Waals surface area contributed by atoms with Gasteiger partial charge < -0.3 is 20.1 Å². The van der Waals surface area contributed by atoms with Crippen LogP contribution in [-0.2, 0) is 32.7 Å². The number of allylic oxidation sites excluding steroid dienone is 18. The van der Waals surface area contributed by atoms with E-state index >= 15 is 0 Å². The zero-order valence-electron chi connectivity index (χ0n) is 53.7. The van der Waals surface area contributed by atoms with Gasteiger partial charge in [-0.25, -0.2) is 4.57 Å². The number of phosphoric acid groups is 1. The van der Waals surface area contributed by atoms with Crippen LogP contribution in [-0.4, -0.2) is 49.3 Å². The van der Waals surface area contributed by atoms with Crippen LogP contribution in [0.5, 0.6) is 0 Å². The van der Waals surface area contributed by atoms with Crippen molar-refractivity contribution in [2.75, 3.05) is 26.4 Å². The number of carbonyl (C=O) groups excluding carboxylic acids is 2. The Hall–Kier alpha value is -3.33. The molecule has 0 aromatic rings. The molecule has 0 fully saturated rings. The van der Waals surface area contributed by atoms with Crippen molar-refractivity contribution in [3.63, 3.8) is 0 Å². The molecule has 0 aliphatic rings. The van der Waals surface area contributed by atoms with E-state index in [1.165, 1.54) is 193 Å². The fourth-order valence-electron chi connectivity index (χ4n) is 9.59. The molecule has 0 saturated carbocycles. The van der Waals surface area contributed by atoms with Crippen molar-refractivity contribution >= 4 is 19.8 Å². The molecule has 3 N–H and O–H groups in total. The summed E-state index contributed by atoms with van der Waals surface area (Å²) in [7, 11) is -4.41. The molecule has 478 valence electrons. The lowest BCUT2D eigenvalue weighted by molar-refractivity contribution is -0.161. The first kappa shape index (κ1) is 79.7. The topological polar surface area (TPSA) is 134 Å². The van der Waals surface area contributed by atoms with Gasteiger partial charge in [0.1, 0.15) is 6.61 Å². The number of hydrogen-bond donors (Lipinski definition) is 2. The minimum Gasteiger partial charge on any atom is -0.462 e. The Bertz CT molecular complexity index is 1730. The molecule has 0 heterocycles. The number of unbranched alkanes of at least 4 members (excludes halogenated alkanes) is 33. The zero-order valence-corrected chi connectivity index (χ0v) is 54.5. The van der Waals surface area contributed by atoms with Crippen LogP contribution in [0.4, 0.5) is 0 Å². The van der Waals surface area contributed by atoms with E-state index in [0.717, 1.165) is 83.5 Å². The average Bonchev–Trinajstić information content (AvgIpc) is 3.48. The number of hydrogen-bond acceptors (Lipinski definition) is 8. The molecule has 0 aromatic carbocycles. The highest BCUT2D eigenvalue weighted by atomic mass is 31.2. The molecule has 0 saturated heterocycles. The first-order valence-electron chi connectivity index (χ1n) is 34.4. The number of carbonyl (C=O) groups is 2. The molecule has 83 heavy (non-hydrogen) atoms. The van der Waals surface area contributed by atoms with Gasteiger partial charge in [0, 0.05) is 19.4 Å². The van der Waals surface area contributed by atoms with E-state index in [4.69, 9.17) is 24.3 Å². The van der Waals surface area contributed by atoms with Crippen LogP contribution >= 0.6 is 7.82 Å². The Morgan fingerprint density at radius 2 is 0.663 bits per heavy atom. The van der Waals surface area contributed by atoms with Crippen LogP contribution in [0, 0.1) is 0 Å². The highest BCUT2D eigenvalue weighted by Crippen LogP contribution is 2.43. The van der Waals surface area contributed by atoms with E-state index in [1.54, 1.807) is 0 Å². The van der Waals surface area contributed by atoms with Crippen molar-refractivity contribution in [2.45, 2.75) is 315 Å². The molecular formula is C73H128NO8P. The summed E-state index contributed by atoms with van der Waals surface area (Å²) in [6, 6.07) is 0. The van der Waals surface area contributed by atoms with Crippen molar-refractivity contribution in [1.82, 2.24) is 0 Å². The molecular weight excluding hydrogens is 1050 g/mol. The summed E-state index contributed by atoms with van der Waals surface area (Å²) in [6.45, 7) is 3.60. The molecule has 0 bridgehead atoms. The minimum absolute atomic E-state index is 0.0416. The van der Waals surface area contributed by atoms with Crippen LogP contribution < -0.4 is 5.73 Å². The first-order chi connectivity index (χ1) is 40.8. The maximum Gasteiger partial charge on any atom is 0.472 e. The molecule has 0 aromatic heterocycles. The molecule has 0 radical (unpaired) electrons. The van der Waals surface area contributed by atoms with Crippen LogP contribution in [0.25, 0.3) is 0 Å². The standard InChI is InChI=1S/C73H128NO8P/c1-3-5-7-9-11-13-15-17-19-21-23-25-27-29-31-32-33-34-35-36-37-38-40-41-43-45-47-49-51-53-55-57-59-61-63-65-72(75)79-69-71(70-81-83(77,78)80-68-67-74)82-73(76)66-64-62-60-58-56-54-52-50-48-46-44-42-39-30-28-26-24-22-20-18-16-14-12-10-8-6-4-2/h6,8,12,14,18,20-21,23-24,26,30,39,44,46,50,52,56,58,71H,3-5,7,9-11,13,15-17,19,22,25,27-29,31-38,40-43,45,47-49,51,53-55,57,59-70,74H2,1-2H3,(H,77,78)/b8-6-,14-12-,20-18-,23-21-,26-24-,39-30-,46-44-,52-50-,58-56-. The zero-order chi connectivity index (χ0) is 60.1. The average molecular weight is 1180 g/mol. The summed E-state index contributed by atoms with van der Waals surface area (Å²) in [5.41, 5.74) is 5.39. The second kappa shape index (κ2) is 67.8. The van der Waals surface area contributed by atoms with Crippen LogP contribution in [0.1, 0.15) is 309 Å². The normalized spacial score (nSPS) is 13.6. The molecule has 0 aliphatic heterocycles. The number of nitrogens with two attached hydrogens (primary N) is 1. The lowest BCUT2D eigenvalue weighted by Gasteiger charge is -2.19. The monoisotopic (exact) mass is 1180 g/mol. The van der Waals surface area contributed by atoms with E-state index in [2.05, 4.69) is 123 Å². The minimum atomic E-state index is -4.41. The molecule has 2 atom stereocenters. The first-order valence-corrected chi connectivity index (χ1v) is 35.9. The third-order valence-electron chi connectivity index (χ3n) is 14.6. The van der Waals surface area contributed by atoms with Crippen molar-refractivity contribution in [1.29, 1.82) is 0 Å². The lowest BCUT2D eigenvalue weighted by Crippen LogP contribution is -2.29. The van der Waals surface area contributed by atoms with E-state index in [9.17, 15) is 19.0 Å². The molecule has 0 aliphatic carbocycles. The number of rotatable bonds is 64. The molecule has 9 nitrogen and oxygen atoms in total. The lowest BCUT2D eigenvalue weighted by atomic mass is 10.0. The maximum atomic E-state index is 12.7. The molecule has 0 rings (SSSR count). The number of esters is 2. The molecule has 2 unspecified atom stereocenters. The van der Waals surface area contributed by atoms with Crippen LogP contribution in [0.15, 0.2) is 109 Å². The summed E-state index contributed by atoms with van der Waals surface area (Å²) in [6.07, 6.45) is 93.4. The van der Waals surface area contributed by atoms with E-state index in [-0.39, 0.29) is 32.6 Å². The second-order valence-corrected chi connectivity index (χ2v) is 24.1. The van der Waals surface area contributed by atoms with Gasteiger partial charge >= 0.3 is 19.8 Å². The maximum absolute atomic E-state index is 12.7. The molecule has 0 spiro atoms. The Morgan fingerprint density at radius 3 is 1.02 bits per heavy atom. The summed E-state index contributed by atoms with van der Waals surface area (Å²) in [4.78, 5) is 35.3. The third kappa shape index (κ3) is 67.7. The summed E-state index contributed by atoms with van der Waals surface area (Å²) >= 11 is 0. The fourth-order valence-corrected chi connectivity index (χ4v) is 10.4. The Morgan fingerprint density at radius 1 is 0.373 bits per heavy atom. The SMILES string of the molecule is CC/C=C\C/C=C\C/C=C\C/C=C\C/C=C\C/C=C\C/C=C\C/C=C\CCCCC(=O)OC(COC(=O)CCCCCCCCCCCCCCCCCCCCCCCCC/C=C\CCCCCCCCCC)COP(=O)(O)OCCN. The van der Waals surface area contributed by atoms with Gasteiger partial charge in [0.2, 0.25) is 0 Å². The van der Waals surface area contributed by atoms with Crippen LogP contribution in [0.2, 0.25) is 0 Å². The van der Waals surface area contributed by atoms with Gasteiger partial charge in [-0.05, 0) is 103 Å². The third-order valence-corrected chi connectivity index (χ3v) is 15.6. The van der Waals surface area contributed by atoms with E-state index in [1.807, 2.05) is 0 Å². The number of phosphoric ester groups is 1. The van der Waals surface area contributed by atoms with Crippen molar-refractivity contribution < 1.29 is 37.6 Å².